The number of nitrogen functional groups attached to an aromatic ring is 1. The molecule has 0 aliphatic heterocycles. The molecule has 0 saturated carbocycles. The Kier molecular flexibility index (Phi) is 2.43. The zero-order valence-electron chi connectivity index (χ0n) is 9.66. The molecular formula is C11H10N6O2. The Morgan fingerprint density at radius 3 is 2.95 bits per heavy atom. The summed E-state index contributed by atoms with van der Waals surface area (Å²) >= 11 is 0. The lowest BCUT2D eigenvalue weighted by Gasteiger charge is -2.15. The van der Waals surface area contributed by atoms with Gasteiger partial charge < -0.3 is 10.7 Å². The van der Waals surface area contributed by atoms with E-state index in [0.717, 1.165) is 10.9 Å². The van der Waals surface area contributed by atoms with Crippen LogP contribution >= 0.6 is 0 Å². The largest absolute Gasteiger partial charge is 0.379 e. The van der Waals surface area contributed by atoms with Gasteiger partial charge in [-0.3, -0.25) is 10.6 Å². The van der Waals surface area contributed by atoms with Crippen molar-refractivity contribution in [2.75, 3.05) is 10.8 Å². The minimum absolute atomic E-state index is 0.0170. The summed E-state index contributed by atoms with van der Waals surface area (Å²) in [6.45, 7) is 0. The lowest BCUT2D eigenvalue weighted by molar-refractivity contribution is 0.301. The molecule has 8 heteroatoms. The number of nitrogens with two attached hydrogens (primary N) is 1. The number of H-pyrrole nitrogens is 1. The fourth-order valence-corrected chi connectivity index (χ4v) is 1.76. The maximum Gasteiger partial charge on any atom is 0.199 e. The van der Waals surface area contributed by atoms with Crippen molar-refractivity contribution in [3.05, 3.63) is 36.2 Å². The summed E-state index contributed by atoms with van der Waals surface area (Å²) in [5.41, 5.74) is 6.82. The Bertz CT molecular complexity index is 746. The average molecular weight is 258 g/mol. The van der Waals surface area contributed by atoms with Gasteiger partial charge in [0.1, 0.15) is 0 Å². The third-order valence-electron chi connectivity index (χ3n) is 2.73. The second-order valence-corrected chi connectivity index (χ2v) is 3.91. The number of benzene rings is 1. The highest BCUT2D eigenvalue weighted by atomic mass is 16.6. The number of anilines is 2. The first-order chi connectivity index (χ1) is 9.16. The highest BCUT2D eigenvalue weighted by molar-refractivity contribution is 6.08. The Morgan fingerprint density at radius 2 is 2.21 bits per heavy atom. The lowest BCUT2D eigenvalue weighted by atomic mass is 10.2. The van der Waals surface area contributed by atoms with Crippen LogP contribution in [0, 0.1) is 5.41 Å². The van der Waals surface area contributed by atoms with E-state index in [1.165, 1.54) is 0 Å². The summed E-state index contributed by atoms with van der Waals surface area (Å²) in [6, 6.07) is 7.05. The first-order valence-electron chi connectivity index (χ1n) is 5.40. The third kappa shape index (κ3) is 1.79. The van der Waals surface area contributed by atoms with Crippen molar-refractivity contribution < 1.29 is 9.84 Å². The molecule has 96 valence electrons. The summed E-state index contributed by atoms with van der Waals surface area (Å²) < 4.78 is 4.40. The highest BCUT2D eigenvalue weighted by Gasteiger charge is 2.19. The second kappa shape index (κ2) is 4.10. The van der Waals surface area contributed by atoms with Crippen LogP contribution in [0.15, 0.2) is 35.1 Å². The van der Waals surface area contributed by atoms with Crippen molar-refractivity contribution in [3.63, 3.8) is 0 Å². The van der Waals surface area contributed by atoms with Crippen LogP contribution in [0.1, 0.15) is 5.69 Å². The Hall–Kier alpha value is -2.87. The molecule has 0 saturated heterocycles. The number of hydroxylamine groups is 1. The molecular weight excluding hydrogens is 248 g/mol. The number of rotatable bonds is 2. The number of aromatic nitrogens is 3. The fourth-order valence-electron chi connectivity index (χ4n) is 1.76. The molecule has 0 fully saturated rings. The van der Waals surface area contributed by atoms with Crippen molar-refractivity contribution in [2.24, 2.45) is 0 Å². The van der Waals surface area contributed by atoms with Crippen LogP contribution in [0.25, 0.3) is 10.9 Å². The number of hydrogen-bond donors (Lipinski definition) is 4. The van der Waals surface area contributed by atoms with Gasteiger partial charge in [-0.15, -0.1) is 0 Å². The van der Waals surface area contributed by atoms with Crippen LogP contribution in [-0.4, -0.2) is 26.3 Å². The van der Waals surface area contributed by atoms with E-state index in [9.17, 15) is 5.21 Å². The first kappa shape index (κ1) is 11.2. The van der Waals surface area contributed by atoms with Gasteiger partial charge in [-0.05, 0) is 34.6 Å². The number of fused-ring (bicyclic) bond motifs is 1. The average Bonchev–Trinajstić information content (AvgIpc) is 3.04. The van der Waals surface area contributed by atoms with Crippen LogP contribution in [0.4, 0.5) is 11.5 Å². The van der Waals surface area contributed by atoms with Gasteiger partial charge in [0.05, 0.1) is 5.69 Å². The molecule has 0 spiro atoms. The van der Waals surface area contributed by atoms with Gasteiger partial charge in [0, 0.05) is 17.1 Å². The minimum Gasteiger partial charge on any atom is -0.379 e. The molecule has 3 rings (SSSR count). The van der Waals surface area contributed by atoms with Crippen LogP contribution in [0.5, 0.6) is 0 Å². The van der Waals surface area contributed by atoms with Crippen LogP contribution in [0.3, 0.4) is 0 Å². The molecule has 5 N–H and O–H groups in total. The molecule has 19 heavy (non-hydrogen) atoms. The normalized spacial score (nSPS) is 10.8. The van der Waals surface area contributed by atoms with E-state index in [0.29, 0.717) is 10.8 Å². The molecule has 0 bridgehead atoms. The Labute approximate surface area is 106 Å². The predicted octanol–water partition coefficient (Wildman–Crippen LogP) is 1.35. The van der Waals surface area contributed by atoms with Gasteiger partial charge in [0.2, 0.25) is 0 Å². The SMILES string of the molecule is N=C(c1nonc1N)N(O)c1ccc2[nH]ccc2c1. The Balaban J connectivity index is 1.97. The Morgan fingerprint density at radius 1 is 1.37 bits per heavy atom. The van der Waals surface area contributed by atoms with Gasteiger partial charge in [0.25, 0.3) is 0 Å². The molecule has 2 heterocycles. The molecule has 0 aliphatic carbocycles. The van der Waals surface area contributed by atoms with E-state index in [1.54, 1.807) is 24.4 Å². The minimum atomic E-state index is -0.311. The highest BCUT2D eigenvalue weighted by Crippen LogP contribution is 2.22. The van der Waals surface area contributed by atoms with Crippen LogP contribution in [-0.2, 0) is 0 Å². The lowest BCUT2D eigenvalue weighted by Crippen LogP contribution is -2.28. The van der Waals surface area contributed by atoms with Gasteiger partial charge in [-0.2, -0.15) is 0 Å². The van der Waals surface area contributed by atoms with Crippen molar-refractivity contribution >= 4 is 28.2 Å². The van der Waals surface area contributed by atoms with Gasteiger partial charge in [0.15, 0.2) is 17.3 Å². The quantitative estimate of drug-likeness (QED) is 0.312. The third-order valence-corrected chi connectivity index (χ3v) is 2.73. The summed E-state index contributed by atoms with van der Waals surface area (Å²) in [5.74, 6) is -0.361. The topological polar surface area (TPSA) is 128 Å². The van der Waals surface area contributed by atoms with E-state index in [2.05, 4.69) is 19.9 Å². The molecule has 0 atom stereocenters. The molecule has 3 aromatic rings. The molecule has 2 aromatic heterocycles. The number of hydrogen-bond acceptors (Lipinski definition) is 6. The van der Waals surface area contributed by atoms with Crippen molar-refractivity contribution in [1.29, 1.82) is 5.41 Å². The predicted molar refractivity (Wildman–Crippen MR) is 68.1 cm³/mol. The van der Waals surface area contributed by atoms with Gasteiger partial charge in [-0.1, -0.05) is 0 Å². The van der Waals surface area contributed by atoms with E-state index in [-0.39, 0.29) is 17.3 Å². The number of amidine groups is 1. The fraction of sp³-hybridized carbons (Fsp3) is 0. The van der Waals surface area contributed by atoms with Crippen LogP contribution < -0.4 is 10.8 Å². The second-order valence-electron chi connectivity index (χ2n) is 3.91. The molecule has 8 nitrogen and oxygen atoms in total. The molecule has 0 amide bonds. The summed E-state index contributed by atoms with van der Waals surface area (Å²) in [5, 5.41) is 26.3. The standard InChI is InChI=1S/C11H10N6O2/c12-10-9(15-19-16-10)11(13)17(18)7-1-2-8-6(5-7)3-4-14-8/h1-5,13-14,18H,(H2,12,16). The summed E-state index contributed by atoms with van der Waals surface area (Å²) in [7, 11) is 0. The van der Waals surface area contributed by atoms with Crippen LogP contribution in [0.2, 0.25) is 0 Å². The van der Waals surface area contributed by atoms with E-state index >= 15 is 0 Å². The molecule has 0 unspecified atom stereocenters. The van der Waals surface area contributed by atoms with Crippen molar-refractivity contribution in [2.45, 2.75) is 0 Å². The zero-order valence-corrected chi connectivity index (χ0v) is 9.66. The maximum atomic E-state index is 10.0. The molecule has 0 aliphatic rings. The number of nitrogens with one attached hydrogen (secondary N) is 2. The monoisotopic (exact) mass is 258 g/mol. The number of aromatic amines is 1. The van der Waals surface area contributed by atoms with Gasteiger partial charge >= 0.3 is 0 Å². The first-order valence-corrected chi connectivity index (χ1v) is 5.40. The zero-order chi connectivity index (χ0) is 13.4. The molecule has 0 radical (unpaired) electrons. The summed E-state index contributed by atoms with van der Waals surface area (Å²) in [4.78, 5) is 3.04. The smallest absolute Gasteiger partial charge is 0.199 e. The van der Waals surface area contributed by atoms with Crippen molar-refractivity contribution in [1.82, 2.24) is 15.3 Å². The summed E-state index contributed by atoms with van der Waals surface area (Å²) in [6.07, 6.45) is 1.79. The number of nitrogens with zero attached hydrogens (tertiary/aromatic N) is 3. The van der Waals surface area contributed by atoms with E-state index in [1.807, 2.05) is 6.07 Å². The van der Waals surface area contributed by atoms with E-state index in [4.69, 9.17) is 11.1 Å². The molecule has 1 aromatic carbocycles. The maximum absolute atomic E-state index is 10.0. The van der Waals surface area contributed by atoms with E-state index < -0.39 is 0 Å². The van der Waals surface area contributed by atoms with Crippen molar-refractivity contribution in [3.8, 4) is 0 Å². The van der Waals surface area contributed by atoms with Gasteiger partial charge in [-0.25, -0.2) is 9.69 Å².